The van der Waals surface area contributed by atoms with Gasteiger partial charge in [0.15, 0.2) is 5.82 Å². The zero-order valence-corrected chi connectivity index (χ0v) is 14.6. The average molecular weight is 361 g/mol. The van der Waals surface area contributed by atoms with Gasteiger partial charge < -0.3 is 10.3 Å². The number of hydrogen-bond donors (Lipinski definition) is 1. The first-order chi connectivity index (χ1) is 11.6. The highest BCUT2D eigenvalue weighted by Crippen LogP contribution is 2.34. The van der Waals surface area contributed by atoms with E-state index < -0.39 is 5.54 Å². The van der Waals surface area contributed by atoms with Gasteiger partial charge in [0.1, 0.15) is 5.01 Å². The number of hydrogen-bond acceptors (Lipinski definition) is 6. The molecule has 1 aliphatic rings. The summed E-state index contributed by atoms with van der Waals surface area (Å²) in [5, 5.41) is 7.78. The molecular formula is C17H17ClN4OS. The molecule has 5 nitrogen and oxygen atoms in total. The van der Waals surface area contributed by atoms with E-state index in [1.54, 1.807) is 11.3 Å². The zero-order valence-electron chi connectivity index (χ0n) is 13.0. The fourth-order valence-corrected chi connectivity index (χ4v) is 3.98. The summed E-state index contributed by atoms with van der Waals surface area (Å²) in [5.41, 5.74) is 7.92. The SMILES string of the molecule is NC1(c2noc(Cc3csc(-c4ccc(Cl)cc4)n3)n2)CCCC1. The summed E-state index contributed by atoms with van der Waals surface area (Å²) in [4.78, 5) is 9.14. The summed E-state index contributed by atoms with van der Waals surface area (Å²) in [6.45, 7) is 0. The van der Waals surface area contributed by atoms with Gasteiger partial charge in [0.25, 0.3) is 0 Å². The van der Waals surface area contributed by atoms with Crippen molar-refractivity contribution in [3.05, 3.63) is 52.1 Å². The first kappa shape index (κ1) is 15.7. The first-order valence-electron chi connectivity index (χ1n) is 7.95. The predicted octanol–water partition coefficient (Wildman–Crippen LogP) is 4.17. The molecule has 1 aromatic carbocycles. The molecule has 0 atom stereocenters. The van der Waals surface area contributed by atoms with Crippen molar-refractivity contribution >= 4 is 22.9 Å². The number of halogens is 1. The monoisotopic (exact) mass is 360 g/mol. The van der Waals surface area contributed by atoms with Crippen molar-refractivity contribution in [1.29, 1.82) is 0 Å². The summed E-state index contributed by atoms with van der Waals surface area (Å²) in [6.07, 6.45) is 4.60. The van der Waals surface area contributed by atoms with Gasteiger partial charge in [0, 0.05) is 16.0 Å². The largest absolute Gasteiger partial charge is 0.339 e. The molecular weight excluding hydrogens is 344 g/mol. The highest BCUT2D eigenvalue weighted by molar-refractivity contribution is 7.13. The Hall–Kier alpha value is -1.76. The van der Waals surface area contributed by atoms with Crippen LogP contribution in [-0.2, 0) is 12.0 Å². The van der Waals surface area contributed by atoms with Crippen LogP contribution in [0.25, 0.3) is 10.6 Å². The summed E-state index contributed by atoms with van der Waals surface area (Å²) in [6, 6.07) is 7.66. The van der Waals surface area contributed by atoms with Gasteiger partial charge in [-0.15, -0.1) is 11.3 Å². The molecule has 1 fully saturated rings. The van der Waals surface area contributed by atoms with Gasteiger partial charge in [-0.3, -0.25) is 0 Å². The van der Waals surface area contributed by atoms with Crippen LogP contribution in [-0.4, -0.2) is 15.1 Å². The maximum Gasteiger partial charge on any atom is 0.232 e. The Kier molecular flexibility index (Phi) is 4.12. The second kappa shape index (κ2) is 6.27. The van der Waals surface area contributed by atoms with Gasteiger partial charge in [-0.25, -0.2) is 4.98 Å². The van der Waals surface area contributed by atoms with Crippen molar-refractivity contribution in [1.82, 2.24) is 15.1 Å². The Morgan fingerprint density at radius 3 is 2.67 bits per heavy atom. The van der Waals surface area contributed by atoms with Crippen LogP contribution >= 0.6 is 22.9 Å². The Morgan fingerprint density at radius 2 is 1.92 bits per heavy atom. The summed E-state index contributed by atoms with van der Waals surface area (Å²) in [7, 11) is 0. The minimum atomic E-state index is -0.418. The third-order valence-corrected chi connectivity index (χ3v) is 5.58. The Bertz CT molecular complexity index is 836. The zero-order chi connectivity index (χ0) is 16.6. The normalized spacial score (nSPS) is 16.6. The molecule has 3 aromatic rings. The van der Waals surface area contributed by atoms with Crippen molar-refractivity contribution in [3.8, 4) is 10.6 Å². The van der Waals surface area contributed by atoms with Crippen LogP contribution in [0, 0.1) is 0 Å². The van der Waals surface area contributed by atoms with Gasteiger partial charge in [-0.05, 0) is 25.0 Å². The van der Waals surface area contributed by atoms with Crippen LogP contribution in [0.15, 0.2) is 34.2 Å². The number of nitrogens with zero attached hydrogens (tertiary/aromatic N) is 3. The highest BCUT2D eigenvalue weighted by atomic mass is 35.5. The van der Waals surface area contributed by atoms with E-state index >= 15 is 0 Å². The lowest BCUT2D eigenvalue weighted by molar-refractivity contribution is 0.352. The maximum absolute atomic E-state index is 6.37. The van der Waals surface area contributed by atoms with Gasteiger partial charge in [0.05, 0.1) is 17.7 Å². The van der Waals surface area contributed by atoms with Crippen molar-refractivity contribution < 1.29 is 4.52 Å². The van der Waals surface area contributed by atoms with Crippen LogP contribution in [0.4, 0.5) is 0 Å². The smallest absolute Gasteiger partial charge is 0.232 e. The first-order valence-corrected chi connectivity index (χ1v) is 9.20. The number of aromatic nitrogens is 3. The van der Waals surface area contributed by atoms with Crippen molar-refractivity contribution in [3.63, 3.8) is 0 Å². The fraction of sp³-hybridized carbons (Fsp3) is 0.353. The lowest BCUT2D eigenvalue weighted by Crippen LogP contribution is -2.34. The van der Waals surface area contributed by atoms with E-state index in [-0.39, 0.29) is 0 Å². The Labute approximate surface area is 148 Å². The molecule has 0 unspecified atom stereocenters. The summed E-state index contributed by atoms with van der Waals surface area (Å²) >= 11 is 7.51. The molecule has 24 heavy (non-hydrogen) atoms. The lowest BCUT2D eigenvalue weighted by Gasteiger charge is -2.17. The molecule has 0 radical (unpaired) electrons. The molecule has 0 bridgehead atoms. The van der Waals surface area contributed by atoms with Gasteiger partial charge in [0.2, 0.25) is 5.89 Å². The minimum Gasteiger partial charge on any atom is -0.339 e. The van der Waals surface area contributed by atoms with Gasteiger partial charge >= 0.3 is 0 Å². The van der Waals surface area contributed by atoms with Gasteiger partial charge in [-0.2, -0.15) is 4.98 Å². The van der Waals surface area contributed by atoms with E-state index in [4.69, 9.17) is 21.9 Å². The summed E-state index contributed by atoms with van der Waals surface area (Å²) in [5.74, 6) is 1.19. The van der Waals surface area contributed by atoms with E-state index in [0.717, 1.165) is 47.0 Å². The Morgan fingerprint density at radius 1 is 1.17 bits per heavy atom. The second-order valence-corrected chi connectivity index (χ2v) is 7.50. The minimum absolute atomic E-state index is 0.418. The molecule has 1 saturated carbocycles. The molecule has 0 saturated heterocycles. The number of thiazole rings is 1. The molecule has 2 aromatic heterocycles. The summed E-state index contributed by atoms with van der Waals surface area (Å²) < 4.78 is 5.38. The number of benzene rings is 1. The second-order valence-electron chi connectivity index (χ2n) is 6.20. The molecule has 7 heteroatoms. The molecule has 2 heterocycles. The van der Waals surface area contributed by atoms with E-state index in [1.807, 2.05) is 29.6 Å². The van der Waals surface area contributed by atoms with Crippen LogP contribution in [0.1, 0.15) is 43.1 Å². The molecule has 0 amide bonds. The average Bonchev–Trinajstić information content (AvgIpc) is 3.30. The highest BCUT2D eigenvalue weighted by Gasteiger charge is 2.35. The standard InChI is InChI=1S/C17H17ClN4OS/c18-12-5-3-11(4-6-12)15-20-13(10-24-15)9-14-21-16(22-23-14)17(19)7-1-2-8-17/h3-6,10H,1-2,7-9,19H2. The van der Waals surface area contributed by atoms with Crippen molar-refractivity contribution in [2.45, 2.75) is 37.6 Å². The molecule has 124 valence electrons. The van der Waals surface area contributed by atoms with E-state index in [2.05, 4.69) is 15.1 Å². The topological polar surface area (TPSA) is 77.8 Å². The fourth-order valence-electron chi connectivity index (χ4n) is 3.03. The molecule has 0 spiro atoms. The van der Waals surface area contributed by atoms with E-state index in [9.17, 15) is 0 Å². The third kappa shape index (κ3) is 3.09. The van der Waals surface area contributed by atoms with Crippen LogP contribution in [0.2, 0.25) is 5.02 Å². The van der Waals surface area contributed by atoms with Crippen LogP contribution < -0.4 is 5.73 Å². The molecule has 4 rings (SSSR count). The van der Waals surface area contributed by atoms with E-state index in [0.29, 0.717) is 18.1 Å². The molecule has 1 aliphatic carbocycles. The predicted molar refractivity (Wildman–Crippen MR) is 94.0 cm³/mol. The van der Waals surface area contributed by atoms with E-state index in [1.165, 1.54) is 0 Å². The van der Waals surface area contributed by atoms with Crippen molar-refractivity contribution in [2.24, 2.45) is 5.73 Å². The van der Waals surface area contributed by atoms with Crippen LogP contribution in [0.5, 0.6) is 0 Å². The lowest BCUT2D eigenvalue weighted by atomic mass is 9.99. The van der Waals surface area contributed by atoms with Crippen LogP contribution in [0.3, 0.4) is 0 Å². The molecule has 0 aliphatic heterocycles. The van der Waals surface area contributed by atoms with Crippen molar-refractivity contribution in [2.75, 3.05) is 0 Å². The quantitative estimate of drug-likeness (QED) is 0.755. The molecule has 2 N–H and O–H groups in total. The Balaban J connectivity index is 1.50. The van der Waals surface area contributed by atoms with Gasteiger partial charge in [-0.1, -0.05) is 41.7 Å². The number of rotatable bonds is 4. The third-order valence-electron chi connectivity index (χ3n) is 4.38. The maximum atomic E-state index is 6.37. The number of nitrogens with two attached hydrogens (primary N) is 1.